The second-order valence-corrected chi connectivity index (χ2v) is 5.77. The minimum absolute atomic E-state index is 0.0152. The number of benzene rings is 2. The van der Waals surface area contributed by atoms with Gasteiger partial charge in [-0.05, 0) is 48.9 Å². The number of non-ortho nitro benzene ring substituents is 1. The Bertz CT molecular complexity index is 945. The van der Waals surface area contributed by atoms with Gasteiger partial charge in [-0.3, -0.25) is 10.1 Å². The van der Waals surface area contributed by atoms with E-state index in [4.69, 9.17) is 13.9 Å². The maximum Gasteiger partial charge on any atom is 0.374 e. The summed E-state index contributed by atoms with van der Waals surface area (Å²) < 4.78 is 16.1. The molecule has 0 saturated heterocycles. The molecule has 0 bridgehead atoms. The highest BCUT2D eigenvalue weighted by Gasteiger charge is 2.14. The first-order valence-corrected chi connectivity index (χ1v) is 8.24. The number of rotatable bonds is 7. The number of hydrogen-bond donors (Lipinski definition) is 0. The second kappa shape index (κ2) is 8.18. The summed E-state index contributed by atoms with van der Waals surface area (Å²) in [5.74, 6) is 0.590. The normalized spacial score (nSPS) is 10.4. The molecular formula is C20H17NO6. The van der Waals surface area contributed by atoms with Crippen molar-refractivity contribution in [1.82, 2.24) is 0 Å². The van der Waals surface area contributed by atoms with Crippen LogP contribution >= 0.6 is 0 Å². The molecule has 0 amide bonds. The van der Waals surface area contributed by atoms with Crippen LogP contribution in [-0.4, -0.2) is 24.1 Å². The number of nitrogens with zero attached hydrogens (tertiary/aromatic N) is 1. The molecule has 27 heavy (non-hydrogen) atoms. The largest absolute Gasteiger partial charge is 0.490 e. The lowest BCUT2D eigenvalue weighted by molar-refractivity contribution is -0.384. The zero-order chi connectivity index (χ0) is 19.2. The molecule has 0 N–H and O–H groups in total. The lowest BCUT2D eigenvalue weighted by atomic mass is 10.1. The number of hydrogen-bond acceptors (Lipinski definition) is 6. The SMILES string of the molecule is Cc1cccc(OCCOC(=O)c2ccc(-c3ccc([N+](=O)[O-])cc3)o2)c1. The summed E-state index contributed by atoms with van der Waals surface area (Å²) in [6.45, 7) is 2.28. The third-order valence-corrected chi connectivity index (χ3v) is 3.74. The molecule has 138 valence electrons. The van der Waals surface area contributed by atoms with Crippen LogP contribution in [0.1, 0.15) is 16.1 Å². The minimum atomic E-state index is -0.601. The predicted octanol–water partition coefficient (Wildman–Crippen LogP) is 4.40. The average molecular weight is 367 g/mol. The number of nitro benzene ring substituents is 1. The fraction of sp³-hybridized carbons (Fsp3) is 0.150. The van der Waals surface area contributed by atoms with Crippen LogP contribution in [0.2, 0.25) is 0 Å². The third-order valence-electron chi connectivity index (χ3n) is 3.74. The maximum atomic E-state index is 12.0. The highest BCUT2D eigenvalue weighted by Crippen LogP contribution is 2.24. The molecule has 0 aliphatic carbocycles. The molecule has 7 heteroatoms. The highest BCUT2D eigenvalue weighted by molar-refractivity contribution is 5.87. The van der Waals surface area contributed by atoms with Gasteiger partial charge >= 0.3 is 5.97 Å². The van der Waals surface area contributed by atoms with E-state index in [-0.39, 0.29) is 24.7 Å². The molecule has 0 aliphatic heterocycles. The lowest BCUT2D eigenvalue weighted by Gasteiger charge is -2.07. The lowest BCUT2D eigenvalue weighted by Crippen LogP contribution is -2.11. The molecule has 3 aromatic rings. The quantitative estimate of drug-likeness (QED) is 0.266. The molecular weight excluding hydrogens is 350 g/mol. The summed E-state index contributed by atoms with van der Waals surface area (Å²) in [4.78, 5) is 22.2. The van der Waals surface area contributed by atoms with Gasteiger partial charge in [-0.1, -0.05) is 12.1 Å². The number of carbonyl (C=O) groups is 1. The minimum Gasteiger partial charge on any atom is -0.490 e. The van der Waals surface area contributed by atoms with Gasteiger partial charge in [0.05, 0.1) is 4.92 Å². The summed E-state index contributed by atoms with van der Waals surface area (Å²) in [6.07, 6.45) is 0. The number of aryl methyl sites for hydroxylation is 1. The van der Waals surface area contributed by atoms with Crippen molar-refractivity contribution >= 4 is 11.7 Å². The Morgan fingerprint density at radius 1 is 1.07 bits per heavy atom. The van der Waals surface area contributed by atoms with Crippen molar-refractivity contribution in [2.75, 3.05) is 13.2 Å². The van der Waals surface area contributed by atoms with Gasteiger partial charge in [0.25, 0.3) is 5.69 Å². The molecule has 0 atom stereocenters. The van der Waals surface area contributed by atoms with Gasteiger partial charge < -0.3 is 13.9 Å². The van der Waals surface area contributed by atoms with E-state index < -0.39 is 10.9 Å². The van der Waals surface area contributed by atoms with E-state index in [0.29, 0.717) is 17.1 Å². The van der Waals surface area contributed by atoms with Crippen LogP contribution in [0, 0.1) is 17.0 Å². The van der Waals surface area contributed by atoms with E-state index in [1.165, 1.54) is 18.2 Å². The summed E-state index contributed by atoms with van der Waals surface area (Å²) in [6, 6.07) is 16.6. The Morgan fingerprint density at radius 3 is 2.56 bits per heavy atom. The van der Waals surface area contributed by atoms with Crippen molar-refractivity contribution in [3.8, 4) is 17.1 Å². The van der Waals surface area contributed by atoms with Gasteiger partial charge in [0.15, 0.2) is 0 Å². The van der Waals surface area contributed by atoms with Crippen LogP contribution in [0.15, 0.2) is 65.1 Å². The van der Waals surface area contributed by atoms with E-state index in [9.17, 15) is 14.9 Å². The van der Waals surface area contributed by atoms with Crippen LogP contribution in [0.25, 0.3) is 11.3 Å². The van der Waals surface area contributed by atoms with Gasteiger partial charge in [0, 0.05) is 17.7 Å². The topological polar surface area (TPSA) is 91.8 Å². The number of ether oxygens (including phenoxy) is 2. The van der Waals surface area contributed by atoms with E-state index in [1.54, 1.807) is 18.2 Å². The molecule has 0 spiro atoms. The molecule has 2 aromatic carbocycles. The third kappa shape index (κ3) is 4.72. The molecule has 3 rings (SSSR count). The van der Waals surface area contributed by atoms with Gasteiger partial charge in [-0.25, -0.2) is 4.79 Å². The first-order chi connectivity index (χ1) is 13.0. The van der Waals surface area contributed by atoms with Crippen molar-refractivity contribution in [2.24, 2.45) is 0 Å². The fourth-order valence-electron chi connectivity index (χ4n) is 2.42. The predicted molar refractivity (Wildman–Crippen MR) is 97.8 cm³/mol. The van der Waals surface area contributed by atoms with Gasteiger partial charge in [-0.15, -0.1) is 0 Å². The highest BCUT2D eigenvalue weighted by atomic mass is 16.6. The summed E-state index contributed by atoms with van der Waals surface area (Å²) in [7, 11) is 0. The van der Waals surface area contributed by atoms with Crippen LogP contribution in [0.5, 0.6) is 5.75 Å². The Labute approximate surface area is 155 Å². The Morgan fingerprint density at radius 2 is 1.85 bits per heavy atom. The fourth-order valence-corrected chi connectivity index (χ4v) is 2.42. The Kier molecular flexibility index (Phi) is 5.51. The molecule has 1 aromatic heterocycles. The van der Waals surface area contributed by atoms with Crippen molar-refractivity contribution in [2.45, 2.75) is 6.92 Å². The molecule has 1 heterocycles. The van der Waals surface area contributed by atoms with Crippen molar-refractivity contribution in [3.05, 3.63) is 82.1 Å². The first-order valence-electron chi connectivity index (χ1n) is 8.24. The van der Waals surface area contributed by atoms with Crippen molar-refractivity contribution in [1.29, 1.82) is 0 Å². The van der Waals surface area contributed by atoms with Crippen LogP contribution in [0.4, 0.5) is 5.69 Å². The first kappa shape index (κ1) is 18.2. The second-order valence-electron chi connectivity index (χ2n) is 5.77. The number of carbonyl (C=O) groups excluding carboxylic acids is 1. The maximum absolute atomic E-state index is 12.0. The van der Waals surface area contributed by atoms with E-state index in [1.807, 2.05) is 31.2 Å². The summed E-state index contributed by atoms with van der Waals surface area (Å²) in [5, 5.41) is 10.7. The molecule has 7 nitrogen and oxygen atoms in total. The van der Waals surface area contributed by atoms with Crippen LogP contribution in [-0.2, 0) is 4.74 Å². The number of esters is 1. The molecule has 0 radical (unpaired) electrons. The molecule has 0 saturated carbocycles. The van der Waals surface area contributed by atoms with Gasteiger partial charge in [0.1, 0.15) is 24.7 Å². The van der Waals surface area contributed by atoms with E-state index >= 15 is 0 Å². The van der Waals surface area contributed by atoms with Gasteiger partial charge in [-0.2, -0.15) is 0 Å². The summed E-state index contributed by atoms with van der Waals surface area (Å²) in [5.41, 5.74) is 1.69. The van der Waals surface area contributed by atoms with Crippen molar-refractivity contribution in [3.63, 3.8) is 0 Å². The zero-order valence-corrected chi connectivity index (χ0v) is 14.6. The molecule has 0 fully saturated rings. The Hall–Kier alpha value is -3.61. The zero-order valence-electron chi connectivity index (χ0n) is 14.6. The monoisotopic (exact) mass is 367 g/mol. The Balaban J connectivity index is 1.53. The van der Waals surface area contributed by atoms with Crippen LogP contribution < -0.4 is 4.74 Å². The van der Waals surface area contributed by atoms with E-state index in [2.05, 4.69) is 0 Å². The molecule has 0 aliphatic rings. The van der Waals surface area contributed by atoms with Crippen molar-refractivity contribution < 1.29 is 23.6 Å². The number of furan rings is 1. The van der Waals surface area contributed by atoms with Gasteiger partial charge in [0.2, 0.25) is 5.76 Å². The number of nitro groups is 1. The molecule has 0 unspecified atom stereocenters. The summed E-state index contributed by atoms with van der Waals surface area (Å²) >= 11 is 0. The average Bonchev–Trinajstić information content (AvgIpc) is 3.15. The van der Waals surface area contributed by atoms with Crippen LogP contribution in [0.3, 0.4) is 0 Å². The smallest absolute Gasteiger partial charge is 0.374 e. The van der Waals surface area contributed by atoms with E-state index in [0.717, 1.165) is 5.56 Å². The standard InChI is InChI=1S/C20H17NO6/c1-14-3-2-4-17(13-14)25-11-12-26-20(22)19-10-9-18(27-19)15-5-7-16(8-6-15)21(23)24/h2-10,13H,11-12H2,1H3.